The predicted octanol–water partition coefficient (Wildman–Crippen LogP) is 3.60. The van der Waals surface area contributed by atoms with Crippen LogP contribution in [0.4, 0.5) is 5.69 Å². The minimum absolute atomic E-state index is 0.0389. The van der Waals surface area contributed by atoms with Gasteiger partial charge in [0.15, 0.2) is 0 Å². The van der Waals surface area contributed by atoms with Crippen LogP contribution in [0.25, 0.3) is 27.8 Å². The van der Waals surface area contributed by atoms with E-state index in [9.17, 15) is 18.0 Å². The molecule has 0 bridgehead atoms. The molecule has 3 N–H and O–H groups in total. The third-order valence-electron chi connectivity index (χ3n) is 5.42. The fourth-order valence-electron chi connectivity index (χ4n) is 3.84. The van der Waals surface area contributed by atoms with E-state index in [4.69, 9.17) is 11.6 Å². The number of pyridine rings is 1. The van der Waals surface area contributed by atoms with Crippen LogP contribution in [0, 0.1) is 13.8 Å². The summed E-state index contributed by atoms with van der Waals surface area (Å²) in [6, 6.07) is 11.5. The molecule has 9 nitrogen and oxygen atoms in total. The Morgan fingerprint density at radius 1 is 0.971 bits per heavy atom. The number of halogens is 1. The summed E-state index contributed by atoms with van der Waals surface area (Å²) in [5, 5.41) is 0.366. The third kappa shape index (κ3) is 3.87. The molecule has 0 saturated heterocycles. The highest BCUT2D eigenvalue weighted by atomic mass is 35.5. The van der Waals surface area contributed by atoms with Crippen molar-refractivity contribution in [3.63, 3.8) is 0 Å². The maximum absolute atomic E-state index is 13.1. The Bertz CT molecular complexity index is 1840. The molecule has 3 aromatic heterocycles. The fourth-order valence-corrected chi connectivity index (χ4v) is 5.43. The van der Waals surface area contributed by atoms with Gasteiger partial charge in [-0.25, -0.2) is 13.4 Å². The van der Waals surface area contributed by atoms with Gasteiger partial charge in [0.25, 0.3) is 10.0 Å². The lowest BCUT2D eigenvalue weighted by Crippen LogP contribution is -2.29. The summed E-state index contributed by atoms with van der Waals surface area (Å²) in [6.07, 6.45) is 3.80. The molecule has 5 rings (SSSR count). The summed E-state index contributed by atoms with van der Waals surface area (Å²) in [4.78, 5) is 32.4. The van der Waals surface area contributed by atoms with E-state index in [1.54, 1.807) is 19.1 Å². The average Bonchev–Trinajstić information content (AvgIpc) is 3.13. The highest BCUT2D eigenvalue weighted by molar-refractivity contribution is 7.92. The summed E-state index contributed by atoms with van der Waals surface area (Å²) < 4.78 is 30.6. The Morgan fingerprint density at radius 3 is 2.38 bits per heavy atom. The normalized spacial score (nSPS) is 11.9. The van der Waals surface area contributed by atoms with Gasteiger partial charge in [0.1, 0.15) is 5.65 Å². The van der Waals surface area contributed by atoms with Gasteiger partial charge in [0.05, 0.1) is 32.3 Å². The molecule has 0 aliphatic carbocycles. The van der Waals surface area contributed by atoms with E-state index < -0.39 is 21.1 Å². The minimum atomic E-state index is -4.01. The van der Waals surface area contributed by atoms with E-state index in [1.165, 1.54) is 18.2 Å². The van der Waals surface area contributed by atoms with Crippen molar-refractivity contribution in [2.75, 3.05) is 4.72 Å². The highest BCUT2D eigenvalue weighted by Crippen LogP contribution is 2.32. The van der Waals surface area contributed by atoms with E-state index >= 15 is 0 Å². The zero-order chi connectivity index (χ0) is 24.2. The number of sulfonamides is 1. The van der Waals surface area contributed by atoms with Crippen molar-refractivity contribution in [2.24, 2.45) is 0 Å². The Hall–Kier alpha value is -3.89. The second-order valence-electron chi connectivity index (χ2n) is 7.93. The largest absolute Gasteiger partial charge is 0.316 e. The van der Waals surface area contributed by atoms with Gasteiger partial charge in [-0.1, -0.05) is 17.7 Å². The molecular weight excluding hydrogens is 478 g/mol. The highest BCUT2D eigenvalue weighted by Gasteiger charge is 2.19. The number of nitrogens with zero attached hydrogens (tertiary/aromatic N) is 2. The van der Waals surface area contributed by atoms with Crippen molar-refractivity contribution >= 4 is 44.0 Å². The molecule has 0 aliphatic rings. The van der Waals surface area contributed by atoms with Gasteiger partial charge >= 0.3 is 11.1 Å². The standard InChI is InChI=1S/C23H18ClN5O4S/c1-12-7-18-19(27-23(31)22(30)26-18)10-20(12)34(32,33)28-15-3-4-16(17(24)9-15)14-5-6-29-11-13(2)25-21(29)8-14/h3-11,28H,1-2H3,(H,26,30)(H,27,31). The molecule has 0 radical (unpaired) electrons. The Labute approximate surface area is 198 Å². The molecule has 172 valence electrons. The van der Waals surface area contributed by atoms with Crippen LogP contribution in [-0.4, -0.2) is 27.8 Å². The number of aromatic amines is 2. The number of aryl methyl sites for hydroxylation is 2. The van der Waals surface area contributed by atoms with Gasteiger partial charge in [-0.3, -0.25) is 14.3 Å². The van der Waals surface area contributed by atoms with Gasteiger partial charge in [-0.05, 0) is 61.4 Å². The van der Waals surface area contributed by atoms with Crippen molar-refractivity contribution in [1.29, 1.82) is 0 Å². The summed E-state index contributed by atoms with van der Waals surface area (Å²) in [5.74, 6) is 0. The molecule has 34 heavy (non-hydrogen) atoms. The first-order chi connectivity index (χ1) is 16.1. The smallest absolute Gasteiger partial charge is 0.314 e. The van der Waals surface area contributed by atoms with Crippen molar-refractivity contribution in [1.82, 2.24) is 19.4 Å². The lowest BCUT2D eigenvalue weighted by Gasteiger charge is -2.13. The molecule has 11 heteroatoms. The number of aromatic nitrogens is 4. The Morgan fingerprint density at radius 2 is 1.68 bits per heavy atom. The maximum atomic E-state index is 13.1. The van der Waals surface area contributed by atoms with E-state index in [-0.39, 0.29) is 16.1 Å². The molecule has 0 unspecified atom stereocenters. The van der Waals surface area contributed by atoms with E-state index in [2.05, 4.69) is 19.7 Å². The summed E-state index contributed by atoms with van der Waals surface area (Å²) >= 11 is 6.50. The van der Waals surface area contributed by atoms with E-state index in [0.717, 1.165) is 22.5 Å². The Balaban J connectivity index is 1.49. The number of benzene rings is 2. The Kier molecular flexibility index (Phi) is 5.07. The van der Waals surface area contributed by atoms with Crippen molar-refractivity contribution in [3.8, 4) is 11.1 Å². The van der Waals surface area contributed by atoms with Crippen LogP contribution >= 0.6 is 11.6 Å². The lowest BCUT2D eigenvalue weighted by molar-refractivity contribution is 0.600. The second-order valence-corrected chi connectivity index (χ2v) is 9.99. The molecule has 5 aromatic rings. The molecule has 0 aliphatic heterocycles. The maximum Gasteiger partial charge on any atom is 0.314 e. The van der Waals surface area contributed by atoms with E-state index in [1.807, 2.05) is 35.9 Å². The molecule has 0 spiro atoms. The summed E-state index contributed by atoms with van der Waals surface area (Å²) in [5.41, 5.74) is 2.80. The van der Waals surface area contributed by atoms with Crippen LogP contribution in [-0.2, 0) is 10.0 Å². The molecule has 3 heterocycles. The first kappa shape index (κ1) is 21.9. The van der Waals surface area contributed by atoms with Gasteiger partial charge in [0, 0.05) is 18.0 Å². The summed E-state index contributed by atoms with van der Waals surface area (Å²) in [7, 11) is -4.01. The minimum Gasteiger partial charge on any atom is -0.316 e. The number of hydrogen-bond acceptors (Lipinski definition) is 5. The molecule has 0 fully saturated rings. The molecule has 0 amide bonds. The fraction of sp³-hybridized carbons (Fsp3) is 0.0870. The summed E-state index contributed by atoms with van der Waals surface area (Å²) in [6.45, 7) is 3.51. The number of rotatable bonds is 4. The topological polar surface area (TPSA) is 129 Å². The van der Waals surface area contributed by atoms with Gasteiger partial charge < -0.3 is 14.4 Å². The quantitative estimate of drug-likeness (QED) is 0.328. The average molecular weight is 496 g/mol. The monoisotopic (exact) mass is 495 g/mol. The first-order valence-corrected chi connectivity index (χ1v) is 12.0. The predicted molar refractivity (Wildman–Crippen MR) is 131 cm³/mol. The van der Waals surface area contributed by atoms with Gasteiger partial charge in [-0.15, -0.1) is 0 Å². The van der Waals surface area contributed by atoms with Gasteiger partial charge in [-0.2, -0.15) is 0 Å². The number of anilines is 1. The molecule has 2 aromatic carbocycles. The first-order valence-electron chi connectivity index (χ1n) is 10.2. The number of nitrogens with one attached hydrogen (secondary N) is 3. The number of hydrogen-bond donors (Lipinski definition) is 3. The third-order valence-corrected chi connectivity index (χ3v) is 7.26. The molecular formula is C23H18ClN5O4S. The van der Waals surface area contributed by atoms with Crippen molar-refractivity contribution < 1.29 is 8.42 Å². The van der Waals surface area contributed by atoms with Crippen molar-refractivity contribution in [3.05, 3.63) is 91.8 Å². The van der Waals surface area contributed by atoms with Crippen LogP contribution in [0.1, 0.15) is 11.3 Å². The van der Waals surface area contributed by atoms with E-state index in [0.29, 0.717) is 16.1 Å². The van der Waals surface area contributed by atoms with Crippen LogP contribution in [0.15, 0.2) is 69.3 Å². The van der Waals surface area contributed by atoms with Crippen molar-refractivity contribution in [2.45, 2.75) is 18.7 Å². The zero-order valence-electron chi connectivity index (χ0n) is 18.0. The zero-order valence-corrected chi connectivity index (χ0v) is 19.6. The van der Waals surface area contributed by atoms with Crippen LogP contribution in [0.5, 0.6) is 0 Å². The van der Waals surface area contributed by atoms with Crippen LogP contribution in [0.2, 0.25) is 5.02 Å². The molecule has 0 saturated carbocycles. The van der Waals surface area contributed by atoms with Gasteiger partial charge in [0.2, 0.25) is 0 Å². The second kappa shape index (κ2) is 7.86. The lowest BCUT2D eigenvalue weighted by atomic mass is 10.1. The van der Waals surface area contributed by atoms with Crippen LogP contribution in [0.3, 0.4) is 0 Å². The molecule has 0 atom stereocenters. The number of H-pyrrole nitrogens is 2. The number of fused-ring (bicyclic) bond motifs is 2. The van der Waals surface area contributed by atoms with Crippen LogP contribution < -0.4 is 15.8 Å². The SMILES string of the molecule is Cc1cn2ccc(-c3ccc(NS(=O)(=O)c4cc5[nH]c(=O)c(=O)[nH]c5cc4C)cc3Cl)cc2n1. The number of imidazole rings is 1.